The Labute approximate surface area is 180 Å². The molecule has 0 saturated carbocycles. The lowest BCUT2D eigenvalue weighted by Gasteiger charge is -2.19. The fraction of sp³-hybridized carbons (Fsp3) is 0.400. The molecule has 0 bridgehead atoms. The van der Waals surface area contributed by atoms with E-state index < -0.39 is 34.1 Å². The second-order valence-corrected chi connectivity index (χ2v) is 9.35. The van der Waals surface area contributed by atoms with Crippen LogP contribution in [0.3, 0.4) is 0 Å². The van der Waals surface area contributed by atoms with Gasteiger partial charge in [0, 0.05) is 37.2 Å². The summed E-state index contributed by atoms with van der Waals surface area (Å²) in [5.41, 5.74) is 1.48. The Bertz CT molecular complexity index is 1030. The SMILES string of the molecule is CCS(=O)(=O)N1C[C@H](OC)[C@@H](Oc2cc(F)cc(NC(=O)Nc3ccc(C)nc3)c2)C1. The maximum Gasteiger partial charge on any atom is 0.323 e. The normalized spacial score (nSPS) is 19.2. The van der Waals surface area contributed by atoms with Crippen LogP contribution in [0.25, 0.3) is 0 Å². The predicted octanol–water partition coefficient (Wildman–Crippen LogP) is 2.60. The molecule has 11 heteroatoms. The fourth-order valence-corrected chi connectivity index (χ4v) is 4.29. The molecular weight excluding hydrogens is 427 g/mol. The number of sulfonamides is 1. The van der Waals surface area contributed by atoms with E-state index >= 15 is 0 Å². The number of carbonyl (C=O) groups is 1. The highest BCUT2D eigenvalue weighted by atomic mass is 32.2. The van der Waals surface area contributed by atoms with Crippen molar-refractivity contribution in [3.05, 3.63) is 48.0 Å². The molecule has 2 amide bonds. The summed E-state index contributed by atoms with van der Waals surface area (Å²) < 4.78 is 50.9. The molecule has 0 aliphatic carbocycles. The molecule has 2 N–H and O–H groups in total. The predicted molar refractivity (Wildman–Crippen MR) is 114 cm³/mol. The summed E-state index contributed by atoms with van der Waals surface area (Å²) in [6.07, 6.45) is 0.391. The number of pyridine rings is 1. The van der Waals surface area contributed by atoms with E-state index in [0.29, 0.717) is 5.69 Å². The smallest absolute Gasteiger partial charge is 0.323 e. The van der Waals surface area contributed by atoms with Crippen molar-refractivity contribution in [2.45, 2.75) is 26.1 Å². The molecule has 1 aliphatic rings. The number of aryl methyl sites for hydroxylation is 1. The van der Waals surface area contributed by atoms with Crippen molar-refractivity contribution in [2.24, 2.45) is 0 Å². The molecule has 3 rings (SSSR count). The lowest BCUT2D eigenvalue weighted by atomic mass is 10.2. The van der Waals surface area contributed by atoms with Gasteiger partial charge in [-0.15, -0.1) is 0 Å². The number of carbonyl (C=O) groups excluding carboxylic acids is 1. The minimum atomic E-state index is -3.40. The van der Waals surface area contributed by atoms with Crippen molar-refractivity contribution >= 4 is 27.4 Å². The van der Waals surface area contributed by atoms with Crippen LogP contribution in [0.2, 0.25) is 0 Å². The number of benzene rings is 1. The average Bonchev–Trinajstić information content (AvgIpc) is 3.13. The summed E-state index contributed by atoms with van der Waals surface area (Å²) in [7, 11) is -1.94. The van der Waals surface area contributed by atoms with Crippen LogP contribution in [0, 0.1) is 12.7 Å². The largest absolute Gasteiger partial charge is 0.486 e. The van der Waals surface area contributed by atoms with Gasteiger partial charge in [0.15, 0.2) is 0 Å². The van der Waals surface area contributed by atoms with Crippen LogP contribution in [0.1, 0.15) is 12.6 Å². The molecule has 0 spiro atoms. The van der Waals surface area contributed by atoms with Crippen molar-refractivity contribution in [1.82, 2.24) is 9.29 Å². The standard InChI is InChI=1S/C20H25FN4O5S/c1-4-31(27,28)25-11-18(29-3)19(12-25)30-17-8-14(21)7-16(9-17)24-20(26)23-15-6-5-13(2)22-10-15/h5-10,18-19H,4,11-12H2,1-3H3,(H2,23,24,26)/t18-,19-/m0/s1. The first kappa shape index (κ1) is 22.9. The van der Waals surface area contributed by atoms with Gasteiger partial charge in [-0.05, 0) is 32.0 Å². The number of ether oxygens (including phenoxy) is 2. The molecule has 1 aliphatic heterocycles. The third-order valence-corrected chi connectivity index (χ3v) is 6.64. The Morgan fingerprint density at radius 3 is 2.55 bits per heavy atom. The average molecular weight is 453 g/mol. The summed E-state index contributed by atoms with van der Waals surface area (Å²) in [4.78, 5) is 16.3. The number of urea groups is 1. The highest BCUT2D eigenvalue weighted by molar-refractivity contribution is 7.89. The number of amides is 2. The third kappa shape index (κ3) is 5.90. The van der Waals surface area contributed by atoms with Crippen molar-refractivity contribution in [3.8, 4) is 5.75 Å². The number of hydrogen-bond donors (Lipinski definition) is 2. The molecule has 2 heterocycles. The Morgan fingerprint density at radius 2 is 1.90 bits per heavy atom. The zero-order valence-corrected chi connectivity index (χ0v) is 18.3. The number of hydrogen-bond acceptors (Lipinski definition) is 6. The van der Waals surface area contributed by atoms with Crippen molar-refractivity contribution in [3.63, 3.8) is 0 Å². The summed E-state index contributed by atoms with van der Waals surface area (Å²) in [6.45, 7) is 3.64. The lowest BCUT2D eigenvalue weighted by molar-refractivity contribution is 0.0343. The minimum absolute atomic E-state index is 0.0319. The highest BCUT2D eigenvalue weighted by Crippen LogP contribution is 2.26. The second kappa shape index (κ2) is 9.58. The lowest BCUT2D eigenvalue weighted by Crippen LogP contribution is -2.32. The van der Waals surface area contributed by atoms with E-state index in [9.17, 15) is 17.6 Å². The number of halogens is 1. The van der Waals surface area contributed by atoms with Crippen molar-refractivity contribution in [1.29, 1.82) is 0 Å². The zero-order chi connectivity index (χ0) is 22.6. The van der Waals surface area contributed by atoms with E-state index in [-0.39, 0.29) is 30.3 Å². The molecule has 1 saturated heterocycles. The van der Waals surface area contributed by atoms with Gasteiger partial charge in [0.25, 0.3) is 0 Å². The number of methoxy groups -OCH3 is 1. The molecule has 2 aromatic rings. The summed E-state index contributed by atoms with van der Waals surface area (Å²) in [5, 5.41) is 5.15. The van der Waals surface area contributed by atoms with Crippen LogP contribution in [0.5, 0.6) is 5.75 Å². The van der Waals surface area contributed by atoms with Crippen LogP contribution in [-0.2, 0) is 14.8 Å². The zero-order valence-electron chi connectivity index (χ0n) is 17.5. The molecule has 168 valence electrons. The fourth-order valence-electron chi connectivity index (χ4n) is 3.17. The first-order chi connectivity index (χ1) is 14.7. The molecule has 2 atom stereocenters. The number of rotatable bonds is 7. The van der Waals surface area contributed by atoms with Crippen molar-refractivity contribution in [2.75, 3.05) is 36.6 Å². The molecule has 0 radical (unpaired) electrons. The third-order valence-electron chi connectivity index (χ3n) is 4.83. The van der Waals surface area contributed by atoms with E-state index in [0.717, 1.165) is 17.8 Å². The Morgan fingerprint density at radius 1 is 1.19 bits per heavy atom. The molecule has 9 nitrogen and oxygen atoms in total. The van der Waals surface area contributed by atoms with E-state index in [1.54, 1.807) is 19.1 Å². The molecule has 1 aromatic heterocycles. The first-order valence-corrected chi connectivity index (χ1v) is 11.3. The first-order valence-electron chi connectivity index (χ1n) is 9.68. The topological polar surface area (TPSA) is 110 Å². The maximum absolute atomic E-state index is 14.1. The maximum atomic E-state index is 14.1. The van der Waals surface area contributed by atoms with E-state index in [1.807, 2.05) is 6.92 Å². The van der Waals surface area contributed by atoms with Gasteiger partial charge < -0.3 is 20.1 Å². The number of nitrogens with zero attached hydrogens (tertiary/aromatic N) is 2. The van der Waals surface area contributed by atoms with Crippen LogP contribution in [-0.4, -0.2) is 61.9 Å². The second-order valence-electron chi connectivity index (χ2n) is 7.09. The van der Waals surface area contributed by atoms with Crippen LogP contribution in [0.4, 0.5) is 20.6 Å². The highest BCUT2D eigenvalue weighted by Gasteiger charge is 2.39. The van der Waals surface area contributed by atoms with Crippen molar-refractivity contribution < 1.29 is 27.1 Å². The molecule has 1 fully saturated rings. The molecule has 1 aromatic carbocycles. The summed E-state index contributed by atoms with van der Waals surface area (Å²) >= 11 is 0. The van der Waals surface area contributed by atoms with E-state index in [4.69, 9.17) is 9.47 Å². The Hall–Kier alpha value is -2.76. The monoisotopic (exact) mass is 452 g/mol. The van der Waals surface area contributed by atoms with Crippen LogP contribution >= 0.6 is 0 Å². The quantitative estimate of drug-likeness (QED) is 0.668. The van der Waals surface area contributed by atoms with Crippen LogP contribution in [0.15, 0.2) is 36.5 Å². The minimum Gasteiger partial charge on any atom is -0.486 e. The Balaban J connectivity index is 1.69. The number of anilines is 2. The molecule has 0 unspecified atom stereocenters. The molecule has 31 heavy (non-hydrogen) atoms. The van der Waals surface area contributed by atoms with Gasteiger partial charge in [0.2, 0.25) is 10.0 Å². The van der Waals surface area contributed by atoms with Gasteiger partial charge in [-0.3, -0.25) is 4.98 Å². The number of aromatic nitrogens is 1. The summed E-state index contributed by atoms with van der Waals surface area (Å²) in [5.74, 6) is -0.500. The number of nitrogens with one attached hydrogen (secondary N) is 2. The van der Waals surface area contributed by atoms with Gasteiger partial charge in [-0.25, -0.2) is 17.6 Å². The Kier molecular flexibility index (Phi) is 7.08. The van der Waals surface area contributed by atoms with E-state index in [2.05, 4.69) is 15.6 Å². The summed E-state index contributed by atoms with van der Waals surface area (Å²) in [6, 6.07) is 6.65. The van der Waals surface area contributed by atoms with Gasteiger partial charge in [0.1, 0.15) is 23.8 Å². The van der Waals surface area contributed by atoms with Crippen LogP contribution < -0.4 is 15.4 Å². The van der Waals surface area contributed by atoms with E-state index in [1.165, 1.54) is 23.7 Å². The van der Waals surface area contributed by atoms with Gasteiger partial charge in [-0.1, -0.05) is 0 Å². The molecular formula is C20H25FN4O5S. The van der Waals surface area contributed by atoms with Gasteiger partial charge >= 0.3 is 6.03 Å². The van der Waals surface area contributed by atoms with Gasteiger partial charge in [-0.2, -0.15) is 4.31 Å². The van der Waals surface area contributed by atoms with Gasteiger partial charge in [0.05, 0.1) is 24.2 Å².